The summed E-state index contributed by atoms with van der Waals surface area (Å²) < 4.78 is 23.9. The van der Waals surface area contributed by atoms with Gasteiger partial charge in [0.15, 0.2) is 5.82 Å². The van der Waals surface area contributed by atoms with E-state index in [2.05, 4.69) is 10.3 Å². The highest BCUT2D eigenvalue weighted by atomic mass is 35.5. The van der Waals surface area contributed by atoms with Crippen molar-refractivity contribution < 1.29 is 13.9 Å². The molecule has 0 saturated carbocycles. The smallest absolute Gasteiger partial charge is 0.265 e. The van der Waals surface area contributed by atoms with Crippen LogP contribution in [0.4, 0.5) is 20.3 Å². The number of hydrogen-bond donors (Lipinski definition) is 3. The number of aliphatic hydroxyl groups excluding tert-OH is 1. The van der Waals surface area contributed by atoms with Crippen LogP contribution in [0.25, 0.3) is 0 Å². The highest BCUT2D eigenvalue weighted by Crippen LogP contribution is 2.18. The zero-order valence-electron chi connectivity index (χ0n) is 7.62. The number of aromatic nitrogens is 1. The van der Waals surface area contributed by atoms with E-state index in [1.54, 1.807) is 0 Å². The number of alkyl halides is 2. The van der Waals surface area contributed by atoms with Gasteiger partial charge in [-0.25, -0.2) is 13.8 Å². The number of nitrogen functional groups attached to an aromatic ring is 1. The molecule has 4 N–H and O–H groups in total. The lowest BCUT2D eigenvalue weighted by atomic mass is 10.3. The lowest BCUT2D eigenvalue weighted by molar-refractivity contribution is 0.00381. The summed E-state index contributed by atoms with van der Waals surface area (Å²) in [5.41, 5.74) is 5.78. The molecule has 4 nitrogen and oxygen atoms in total. The molecule has 0 radical (unpaired) electrons. The highest BCUT2D eigenvalue weighted by molar-refractivity contribution is 6.29. The molecule has 1 heterocycles. The largest absolute Gasteiger partial charge is 0.396 e. The molecule has 0 amide bonds. The fourth-order valence-corrected chi connectivity index (χ4v) is 1.03. The van der Waals surface area contributed by atoms with Crippen LogP contribution in [0.2, 0.25) is 5.15 Å². The number of pyridine rings is 1. The van der Waals surface area contributed by atoms with Gasteiger partial charge in [-0.05, 0) is 12.1 Å². The van der Waals surface area contributed by atoms with Crippen LogP contribution in [-0.4, -0.2) is 29.2 Å². The van der Waals surface area contributed by atoms with E-state index in [4.69, 9.17) is 22.4 Å². The van der Waals surface area contributed by atoms with Crippen LogP contribution in [-0.2, 0) is 0 Å². The van der Waals surface area contributed by atoms with Crippen LogP contribution in [0, 0.1) is 0 Å². The van der Waals surface area contributed by atoms with Crippen LogP contribution < -0.4 is 11.1 Å². The topological polar surface area (TPSA) is 71.2 Å². The third-order valence-electron chi connectivity index (χ3n) is 1.66. The molecule has 7 heteroatoms. The first kappa shape index (κ1) is 11.9. The number of aliphatic hydroxyl groups is 1. The van der Waals surface area contributed by atoms with Crippen LogP contribution >= 0.6 is 11.6 Å². The van der Waals surface area contributed by atoms with Crippen molar-refractivity contribution in [1.29, 1.82) is 0 Å². The summed E-state index contributed by atoms with van der Waals surface area (Å²) in [5.74, 6) is 0.183. The zero-order chi connectivity index (χ0) is 11.4. The van der Waals surface area contributed by atoms with E-state index in [1.807, 2.05) is 0 Å². The minimum absolute atomic E-state index is 0.183. The first-order chi connectivity index (χ1) is 7.00. The second kappa shape index (κ2) is 5.09. The van der Waals surface area contributed by atoms with Gasteiger partial charge in [0.1, 0.15) is 11.3 Å². The van der Waals surface area contributed by atoms with Gasteiger partial charge in [0.05, 0.1) is 5.69 Å². The molecule has 0 saturated heterocycles. The molecule has 15 heavy (non-hydrogen) atoms. The number of nitrogens with one attached hydrogen (secondary N) is 1. The predicted molar refractivity (Wildman–Crippen MR) is 54.2 cm³/mol. The fourth-order valence-electron chi connectivity index (χ4n) is 0.878. The third kappa shape index (κ3) is 3.49. The van der Waals surface area contributed by atoms with Crippen LogP contribution in [0.3, 0.4) is 0 Å². The average molecular weight is 238 g/mol. The Hall–Kier alpha value is -1.14. The van der Waals surface area contributed by atoms with Crippen molar-refractivity contribution in [2.24, 2.45) is 0 Å². The molecule has 1 aromatic rings. The molecule has 84 valence electrons. The molecule has 0 aliphatic rings. The number of halogens is 3. The minimum atomic E-state index is -2.81. The summed E-state index contributed by atoms with van der Waals surface area (Å²) in [4.78, 5) is 3.78. The Labute approximate surface area is 90.1 Å². The molecule has 0 fully saturated rings. The van der Waals surface area contributed by atoms with Crippen LogP contribution in [0.5, 0.6) is 0 Å². The van der Waals surface area contributed by atoms with Crippen molar-refractivity contribution >= 4 is 23.1 Å². The lowest BCUT2D eigenvalue weighted by Crippen LogP contribution is -2.27. The molecule has 0 aliphatic heterocycles. The number of hydrogen-bond acceptors (Lipinski definition) is 4. The van der Waals surface area contributed by atoms with Gasteiger partial charge in [-0.15, -0.1) is 0 Å². The van der Waals surface area contributed by atoms with Gasteiger partial charge in [-0.2, -0.15) is 0 Å². The van der Waals surface area contributed by atoms with Gasteiger partial charge in [-0.3, -0.25) is 0 Å². The molecule has 1 unspecified atom stereocenters. The number of nitrogens with two attached hydrogens (primary N) is 1. The SMILES string of the molecule is Nc1ccc(Cl)nc1NCC(O)C(F)F. The second-order valence-electron chi connectivity index (χ2n) is 2.85. The Morgan fingerprint density at radius 2 is 2.20 bits per heavy atom. The normalized spacial score (nSPS) is 12.9. The maximum Gasteiger partial charge on any atom is 0.265 e. The summed E-state index contributed by atoms with van der Waals surface area (Å²) in [5, 5.41) is 11.5. The molecule has 0 aliphatic carbocycles. The number of rotatable bonds is 4. The van der Waals surface area contributed by atoms with E-state index >= 15 is 0 Å². The van der Waals surface area contributed by atoms with Crippen molar-refractivity contribution in [3.05, 3.63) is 17.3 Å². The Morgan fingerprint density at radius 3 is 2.80 bits per heavy atom. The van der Waals surface area contributed by atoms with Crippen LogP contribution in [0.1, 0.15) is 0 Å². The monoisotopic (exact) mass is 237 g/mol. The molecular formula is C8H10ClF2N3O. The van der Waals surface area contributed by atoms with Gasteiger partial charge in [0, 0.05) is 6.54 Å². The van der Waals surface area contributed by atoms with Gasteiger partial charge >= 0.3 is 0 Å². The molecular weight excluding hydrogens is 228 g/mol. The molecule has 0 bridgehead atoms. The third-order valence-corrected chi connectivity index (χ3v) is 1.87. The summed E-state index contributed by atoms with van der Waals surface area (Å²) in [6.07, 6.45) is -4.57. The van der Waals surface area contributed by atoms with E-state index in [1.165, 1.54) is 12.1 Å². The Balaban J connectivity index is 2.61. The predicted octanol–water partition coefficient (Wildman–Crippen LogP) is 1.36. The summed E-state index contributed by atoms with van der Waals surface area (Å²) in [7, 11) is 0. The van der Waals surface area contributed by atoms with Crippen molar-refractivity contribution in [2.45, 2.75) is 12.5 Å². The Morgan fingerprint density at radius 1 is 1.53 bits per heavy atom. The van der Waals surface area contributed by atoms with Crippen molar-refractivity contribution in [2.75, 3.05) is 17.6 Å². The van der Waals surface area contributed by atoms with E-state index < -0.39 is 12.5 Å². The second-order valence-corrected chi connectivity index (χ2v) is 3.24. The summed E-state index contributed by atoms with van der Waals surface area (Å²) >= 11 is 5.58. The molecule has 1 atom stereocenters. The van der Waals surface area contributed by atoms with E-state index in [9.17, 15) is 8.78 Å². The minimum Gasteiger partial charge on any atom is -0.396 e. The number of nitrogens with zero attached hydrogens (tertiary/aromatic N) is 1. The standard InChI is InChI=1S/C8H10ClF2N3O/c9-6-2-1-4(12)8(14-6)13-3-5(15)7(10)11/h1-2,5,7,15H,3,12H2,(H,13,14). The van der Waals surface area contributed by atoms with Gasteiger partial charge in [0.25, 0.3) is 6.43 Å². The van der Waals surface area contributed by atoms with E-state index in [0.29, 0.717) is 0 Å². The first-order valence-corrected chi connectivity index (χ1v) is 4.50. The summed E-state index contributed by atoms with van der Waals surface area (Å²) in [6, 6.07) is 2.97. The molecule has 0 aromatic carbocycles. The lowest BCUT2D eigenvalue weighted by Gasteiger charge is -2.12. The highest BCUT2D eigenvalue weighted by Gasteiger charge is 2.16. The van der Waals surface area contributed by atoms with Crippen LogP contribution in [0.15, 0.2) is 12.1 Å². The Kier molecular flexibility index (Phi) is 4.05. The van der Waals surface area contributed by atoms with Crippen molar-refractivity contribution in [3.8, 4) is 0 Å². The fraction of sp³-hybridized carbons (Fsp3) is 0.375. The quantitative estimate of drug-likeness (QED) is 0.692. The molecule has 1 aromatic heterocycles. The van der Waals surface area contributed by atoms with Crippen molar-refractivity contribution in [3.63, 3.8) is 0 Å². The first-order valence-electron chi connectivity index (χ1n) is 4.13. The molecule has 1 rings (SSSR count). The number of anilines is 2. The maximum atomic E-state index is 11.9. The molecule has 0 spiro atoms. The zero-order valence-corrected chi connectivity index (χ0v) is 8.38. The average Bonchev–Trinajstić information content (AvgIpc) is 2.18. The van der Waals surface area contributed by atoms with Crippen molar-refractivity contribution in [1.82, 2.24) is 4.98 Å². The van der Waals surface area contributed by atoms with Gasteiger partial charge in [0.2, 0.25) is 0 Å². The van der Waals surface area contributed by atoms with Gasteiger partial charge < -0.3 is 16.2 Å². The van der Waals surface area contributed by atoms with E-state index in [0.717, 1.165) is 0 Å². The summed E-state index contributed by atoms with van der Waals surface area (Å²) in [6.45, 7) is -0.338. The van der Waals surface area contributed by atoms with Gasteiger partial charge in [-0.1, -0.05) is 11.6 Å². The Bertz CT molecular complexity index is 338. The van der Waals surface area contributed by atoms with E-state index in [-0.39, 0.29) is 23.2 Å². The maximum absolute atomic E-state index is 11.9.